The van der Waals surface area contributed by atoms with Crippen molar-refractivity contribution in [1.82, 2.24) is 10.2 Å². The molecule has 1 N–H and O–H groups in total. The molecule has 0 saturated carbocycles. The number of hydrogen-bond acceptors (Lipinski definition) is 2. The van der Waals surface area contributed by atoms with Gasteiger partial charge in [-0.05, 0) is 38.9 Å². The molecule has 1 heterocycles. The van der Waals surface area contributed by atoms with Gasteiger partial charge in [0.15, 0.2) is 0 Å². The molecule has 0 bridgehead atoms. The van der Waals surface area contributed by atoms with Gasteiger partial charge < -0.3 is 10.2 Å². The molecular formula is C11H21F3N2. The SMILES string of the molecule is CCC1CCN(CCC(F)(F)F)CCCN1. The summed E-state index contributed by atoms with van der Waals surface area (Å²) in [5, 5.41) is 3.42. The quantitative estimate of drug-likeness (QED) is 0.812. The van der Waals surface area contributed by atoms with E-state index in [0.717, 1.165) is 38.9 Å². The molecule has 16 heavy (non-hydrogen) atoms. The van der Waals surface area contributed by atoms with Crippen molar-refractivity contribution in [3.8, 4) is 0 Å². The molecule has 1 fully saturated rings. The van der Waals surface area contributed by atoms with Gasteiger partial charge in [0.1, 0.15) is 0 Å². The second kappa shape index (κ2) is 6.45. The average molecular weight is 238 g/mol. The van der Waals surface area contributed by atoms with Crippen LogP contribution in [0.3, 0.4) is 0 Å². The van der Waals surface area contributed by atoms with Gasteiger partial charge in [0.2, 0.25) is 0 Å². The molecule has 0 aromatic carbocycles. The van der Waals surface area contributed by atoms with Gasteiger partial charge in [0.05, 0.1) is 6.42 Å². The summed E-state index contributed by atoms with van der Waals surface area (Å²) in [7, 11) is 0. The Hall–Kier alpha value is -0.290. The predicted molar refractivity (Wildman–Crippen MR) is 58.4 cm³/mol. The van der Waals surface area contributed by atoms with Crippen molar-refractivity contribution in [2.75, 3.05) is 26.2 Å². The molecule has 1 atom stereocenters. The first-order chi connectivity index (χ1) is 7.51. The van der Waals surface area contributed by atoms with E-state index >= 15 is 0 Å². The molecule has 0 radical (unpaired) electrons. The van der Waals surface area contributed by atoms with Gasteiger partial charge in [-0.3, -0.25) is 0 Å². The number of rotatable bonds is 3. The summed E-state index contributed by atoms with van der Waals surface area (Å²) in [4.78, 5) is 1.94. The largest absolute Gasteiger partial charge is 0.390 e. The zero-order valence-corrected chi connectivity index (χ0v) is 9.82. The Kier molecular flexibility index (Phi) is 5.55. The first-order valence-electron chi connectivity index (χ1n) is 6.04. The lowest BCUT2D eigenvalue weighted by Crippen LogP contribution is -2.40. The molecule has 0 aliphatic carbocycles. The van der Waals surface area contributed by atoms with Gasteiger partial charge in [-0.1, -0.05) is 6.92 Å². The fourth-order valence-corrected chi connectivity index (χ4v) is 2.02. The van der Waals surface area contributed by atoms with E-state index < -0.39 is 12.6 Å². The molecule has 1 rings (SSSR count). The van der Waals surface area contributed by atoms with Crippen LogP contribution in [-0.2, 0) is 0 Å². The molecule has 0 aromatic rings. The first kappa shape index (κ1) is 13.8. The lowest BCUT2D eigenvalue weighted by molar-refractivity contribution is -0.138. The highest BCUT2D eigenvalue weighted by atomic mass is 19.4. The van der Waals surface area contributed by atoms with Crippen molar-refractivity contribution in [2.24, 2.45) is 0 Å². The van der Waals surface area contributed by atoms with Gasteiger partial charge in [0, 0.05) is 12.6 Å². The second-order valence-corrected chi connectivity index (χ2v) is 4.41. The van der Waals surface area contributed by atoms with Crippen LogP contribution in [-0.4, -0.2) is 43.3 Å². The normalized spacial score (nSPS) is 25.1. The van der Waals surface area contributed by atoms with Crippen LogP contribution in [0.2, 0.25) is 0 Å². The van der Waals surface area contributed by atoms with Crippen molar-refractivity contribution < 1.29 is 13.2 Å². The molecule has 0 amide bonds. The molecule has 2 nitrogen and oxygen atoms in total. The maximum Gasteiger partial charge on any atom is 0.390 e. The van der Waals surface area contributed by atoms with Crippen LogP contribution in [0.15, 0.2) is 0 Å². The second-order valence-electron chi connectivity index (χ2n) is 4.41. The van der Waals surface area contributed by atoms with Gasteiger partial charge in [-0.2, -0.15) is 13.2 Å². The van der Waals surface area contributed by atoms with Crippen molar-refractivity contribution in [3.05, 3.63) is 0 Å². The molecule has 5 heteroatoms. The first-order valence-corrected chi connectivity index (χ1v) is 6.04. The highest BCUT2D eigenvalue weighted by molar-refractivity contribution is 4.72. The third-order valence-electron chi connectivity index (χ3n) is 3.08. The topological polar surface area (TPSA) is 15.3 Å². The molecule has 1 saturated heterocycles. The van der Waals surface area contributed by atoms with Crippen LogP contribution in [0.1, 0.15) is 32.6 Å². The Morgan fingerprint density at radius 3 is 2.69 bits per heavy atom. The molecule has 1 unspecified atom stereocenters. The average Bonchev–Trinajstić information content (AvgIpc) is 2.15. The number of alkyl halides is 3. The number of hydrogen-bond donors (Lipinski definition) is 1. The van der Waals surface area contributed by atoms with Crippen molar-refractivity contribution in [1.29, 1.82) is 0 Å². The zero-order chi connectivity index (χ0) is 12.0. The van der Waals surface area contributed by atoms with E-state index in [1.165, 1.54) is 0 Å². The van der Waals surface area contributed by atoms with E-state index in [4.69, 9.17) is 0 Å². The van der Waals surface area contributed by atoms with Crippen molar-refractivity contribution in [2.45, 2.75) is 44.8 Å². The van der Waals surface area contributed by atoms with Gasteiger partial charge >= 0.3 is 6.18 Å². The zero-order valence-electron chi connectivity index (χ0n) is 9.82. The van der Waals surface area contributed by atoms with E-state index in [1.807, 2.05) is 4.90 Å². The number of halogens is 3. The maximum absolute atomic E-state index is 12.1. The van der Waals surface area contributed by atoms with Crippen LogP contribution in [0.5, 0.6) is 0 Å². The highest BCUT2D eigenvalue weighted by Gasteiger charge is 2.27. The Balaban J connectivity index is 2.30. The standard InChI is InChI=1S/C11H21F3N2/c1-2-10-4-8-16(7-3-6-15-10)9-5-11(12,13)14/h10,15H,2-9H2,1H3. The smallest absolute Gasteiger partial charge is 0.314 e. The summed E-state index contributed by atoms with van der Waals surface area (Å²) in [6.45, 7) is 4.74. The third-order valence-corrected chi connectivity index (χ3v) is 3.08. The molecular weight excluding hydrogens is 217 g/mol. The summed E-state index contributed by atoms with van der Waals surface area (Å²) in [5.74, 6) is 0. The van der Waals surface area contributed by atoms with Crippen LogP contribution in [0, 0.1) is 0 Å². The Labute approximate surface area is 95.2 Å². The summed E-state index contributed by atoms with van der Waals surface area (Å²) in [6, 6.07) is 0.466. The third kappa shape index (κ3) is 5.70. The number of nitrogens with zero attached hydrogens (tertiary/aromatic N) is 1. The van der Waals surface area contributed by atoms with Gasteiger partial charge in [0.25, 0.3) is 0 Å². The van der Waals surface area contributed by atoms with Crippen molar-refractivity contribution in [3.63, 3.8) is 0 Å². The van der Waals surface area contributed by atoms with Crippen LogP contribution < -0.4 is 5.32 Å². The molecule has 0 spiro atoms. The lowest BCUT2D eigenvalue weighted by atomic mass is 10.1. The molecule has 1 aliphatic rings. The highest BCUT2D eigenvalue weighted by Crippen LogP contribution is 2.20. The lowest BCUT2D eigenvalue weighted by Gasteiger charge is -2.28. The van der Waals surface area contributed by atoms with E-state index in [0.29, 0.717) is 6.04 Å². The fourth-order valence-electron chi connectivity index (χ4n) is 2.02. The Morgan fingerprint density at radius 1 is 1.31 bits per heavy atom. The maximum atomic E-state index is 12.1. The van der Waals surface area contributed by atoms with Crippen molar-refractivity contribution >= 4 is 0 Å². The molecule has 0 aromatic heterocycles. The van der Waals surface area contributed by atoms with E-state index in [-0.39, 0.29) is 6.54 Å². The minimum atomic E-state index is -4.02. The van der Waals surface area contributed by atoms with Crippen LogP contribution in [0.4, 0.5) is 13.2 Å². The monoisotopic (exact) mass is 238 g/mol. The summed E-state index contributed by atoms with van der Waals surface area (Å²) in [5.41, 5.74) is 0. The molecule has 96 valence electrons. The molecule has 1 aliphatic heterocycles. The van der Waals surface area contributed by atoms with Gasteiger partial charge in [-0.15, -0.1) is 0 Å². The van der Waals surface area contributed by atoms with E-state index in [1.54, 1.807) is 0 Å². The van der Waals surface area contributed by atoms with Crippen LogP contribution in [0.25, 0.3) is 0 Å². The minimum absolute atomic E-state index is 0.153. The Bertz CT molecular complexity index is 194. The summed E-state index contributed by atoms with van der Waals surface area (Å²) >= 11 is 0. The van der Waals surface area contributed by atoms with Crippen LogP contribution >= 0.6 is 0 Å². The minimum Gasteiger partial charge on any atom is -0.314 e. The summed E-state index contributed by atoms with van der Waals surface area (Å²) in [6.07, 6.45) is -1.77. The fraction of sp³-hybridized carbons (Fsp3) is 1.00. The predicted octanol–water partition coefficient (Wildman–Crippen LogP) is 2.40. The Morgan fingerprint density at radius 2 is 2.06 bits per heavy atom. The van der Waals surface area contributed by atoms with E-state index in [2.05, 4.69) is 12.2 Å². The number of nitrogens with one attached hydrogen (secondary N) is 1. The van der Waals surface area contributed by atoms with Gasteiger partial charge in [-0.25, -0.2) is 0 Å². The summed E-state index contributed by atoms with van der Waals surface area (Å²) < 4.78 is 36.3. The van der Waals surface area contributed by atoms with E-state index in [9.17, 15) is 13.2 Å².